The first-order chi connectivity index (χ1) is 15.7. The van der Waals surface area contributed by atoms with Crippen molar-refractivity contribution in [2.75, 3.05) is 26.9 Å². The lowest BCUT2D eigenvalue weighted by atomic mass is 9.95. The largest absolute Gasteiger partial charge is 0.507 e. The number of para-hydroxylation sites is 1. The number of rotatable bonds is 10. The number of aromatic amines is 1. The second-order valence-electron chi connectivity index (χ2n) is 7.90. The van der Waals surface area contributed by atoms with E-state index in [-0.39, 0.29) is 17.7 Å². The Hall–Kier alpha value is -3.32. The van der Waals surface area contributed by atoms with E-state index in [2.05, 4.69) is 17.1 Å². The van der Waals surface area contributed by atoms with Gasteiger partial charge in [0, 0.05) is 31.4 Å². The first kappa shape index (κ1) is 21.9. The van der Waals surface area contributed by atoms with Crippen molar-refractivity contribution >= 4 is 5.91 Å². The second kappa shape index (κ2) is 9.87. The summed E-state index contributed by atoms with van der Waals surface area (Å²) in [6, 6.07) is 14.6. The maximum Gasteiger partial charge on any atom is 0.273 e. The summed E-state index contributed by atoms with van der Waals surface area (Å²) >= 11 is 0. The van der Waals surface area contributed by atoms with E-state index in [1.807, 2.05) is 41.3 Å². The lowest BCUT2D eigenvalue weighted by Gasteiger charge is -2.26. The minimum Gasteiger partial charge on any atom is -0.507 e. The summed E-state index contributed by atoms with van der Waals surface area (Å²) in [4.78, 5) is 15.2. The molecule has 1 atom stereocenters. The number of benzene rings is 2. The minimum absolute atomic E-state index is 0.104. The molecular weight excluding hydrogens is 406 g/mol. The van der Waals surface area contributed by atoms with E-state index in [0.717, 1.165) is 36.1 Å². The highest BCUT2D eigenvalue weighted by Crippen LogP contribution is 2.44. The van der Waals surface area contributed by atoms with Crippen molar-refractivity contribution in [3.8, 4) is 22.8 Å². The number of carbonyl (C=O) groups is 1. The highest BCUT2D eigenvalue weighted by Gasteiger charge is 2.42. The molecule has 0 saturated heterocycles. The fraction of sp³-hybridized carbons (Fsp3) is 0.360. The number of aromatic nitrogens is 2. The van der Waals surface area contributed by atoms with Gasteiger partial charge in [0.2, 0.25) is 0 Å². The zero-order chi connectivity index (χ0) is 22.5. The van der Waals surface area contributed by atoms with Crippen molar-refractivity contribution in [2.24, 2.45) is 0 Å². The summed E-state index contributed by atoms with van der Waals surface area (Å²) in [6.45, 7) is 3.89. The Labute approximate surface area is 188 Å². The number of H-pyrrole nitrogens is 1. The normalized spacial score (nSPS) is 15.2. The number of ether oxygens (including phenoxy) is 2. The summed E-state index contributed by atoms with van der Waals surface area (Å²) in [5.41, 5.74) is 3.36. The Balaban J connectivity index is 1.77. The van der Waals surface area contributed by atoms with Crippen molar-refractivity contribution in [1.29, 1.82) is 0 Å². The lowest BCUT2D eigenvalue weighted by Crippen LogP contribution is -2.31. The molecule has 1 aliphatic rings. The number of aromatic hydroxyl groups is 1. The van der Waals surface area contributed by atoms with Crippen LogP contribution in [0.2, 0.25) is 0 Å². The molecule has 2 aromatic carbocycles. The van der Waals surface area contributed by atoms with Gasteiger partial charge in [0.1, 0.15) is 22.9 Å². The molecule has 0 saturated carbocycles. The Kier molecular flexibility index (Phi) is 6.75. The molecule has 0 bridgehead atoms. The number of hydrogen-bond acceptors (Lipinski definition) is 5. The van der Waals surface area contributed by atoms with E-state index >= 15 is 0 Å². The van der Waals surface area contributed by atoms with Crippen molar-refractivity contribution in [3.63, 3.8) is 0 Å². The van der Waals surface area contributed by atoms with Gasteiger partial charge >= 0.3 is 0 Å². The number of phenolic OH excluding ortho intramolecular Hbond substituents is 1. The molecule has 1 aromatic heterocycles. The quantitative estimate of drug-likeness (QED) is 0.457. The number of fused-ring (bicyclic) bond motifs is 1. The fourth-order valence-corrected chi connectivity index (χ4v) is 4.14. The van der Waals surface area contributed by atoms with Crippen LogP contribution in [0.1, 0.15) is 53.8 Å². The van der Waals surface area contributed by atoms with Gasteiger partial charge in [0.15, 0.2) is 0 Å². The Morgan fingerprint density at radius 2 is 1.97 bits per heavy atom. The lowest BCUT2D eigenvalue weighted by molar-refractivity contribution is 0.0723. The molecule has 0 radical (unpaired) electrons. The molecule has 0 spiro atoms. The van der Waals surface area contributed by atoms with Crippen molar-refractivity contribution < 1.29 is 19.4 Å². The van der Waals surface area contributed by atoms with E-state index < -0.39 is 0 Å². The van der Waals surface area contributed by atoms with Gasteiger partial charge in [-0.05, 0) is 42.7 Å². The highest BCUT2D eigenvalue weighted by atomic mass is 16.5. The SMILES string of the molecule is CCCCOc1cccc([C@H]2c3c(-c4ccccc4O)n[nH]c3C(=O)N2CCCOC)c1. The van der Waals surface area contributed by atoms with E-state index in [1.165, 1.54) is 0 Å². The Morgan fingerprint density at radius 3 is 2.75 bits per heavy atom. The van der Waals surface area contributed by atoms with Crippen LogP contribution in [0.3, 0.4) is 0 Å². The van der Waals surface area contributed by atoms with Crippen LogP contribution in [0.25, 0.3) is 11.3 Å². The number of methoxy groups -OCH3 is 1. The molecule has 0 aliphatic carbocycles. The third-order valence-electron chi connectivity index (χ3n) is 5.71. The standard InChI is InChI=1S/C25H29N3O4/c1-3-4-15-32-18-10-7-9-17(16-18)24-21-22(19-11-5-6-12-20(19)29)26-27-23(21)25(30)28(24)13-8-14-31-2/h5-7,9-12,16,24,29H,3-4,8,13-15H2,1-2H3,(H,26,27)/t24-/m0/s1. The molecule has 4 rings (SSSR count). The zero-order valence-electron chi connectivity index (χ0n) is 18.5. The first-order valence-corrected chi connectivity index (χ1v) is 11.0. The third kappa shape index (κ3) is 4.21. The molecule has 1 amide bonds. The Morgan fingerprint density at radius 1 is 1.12 bits per heavy atom. The van der Waals surface area contributed by atoms with Crippen LogP contribution in [-0.2, 0) is 4.74 Å². The van der Waals surface area contributed by atoms with Gasteiger partial charge in [0.05, 0.1) is 12.6 Å². The highest BCUT2D eigenvalue weighted by molar-refractivity contribution is 6.00. The van der Waals surface area contributed by atoms with Gasteiger partial charge in [-0.1, -0.05) is 37.6 Å². The maximum atomic E-state index is 13.3. The third-order valence-corrected chi connectivity index (χ3v) is 5.71. The molecule has 2 N–H and O–H groups in total. The summed E-state index contributed by atoms with van der Waals surface area (Å²) < 4.78 is 11.1. The fourth-order valence-electron chi connectivity index (χ4n) is 4.14. The van der Waals surface area contributed by atoms with Crippen LogP contribution in [0, 0.1) is 0 Å². The number of carbonyl (C=O) groups excluding carboxylic acids is 1. The van der Waals surface area contributed by atoms with Gasteiger partial charge in [-0.15, -0.1) is 0 Å². The molecule has 168 valence electrons. The summed E-state index contributed by atoms with van der Waals surface area (Å²) in [5.74, 6) is 0.802. The molecule has 2 heterocycles. The predicted octanol–water partition coefficient (Wildman–Crippen LogP) is 4.54. The number of amides is 1. The average Bonchev–Trinajstić information content (AvgIpc) is 3.34. The van der Waals surface area contributed by atoms with Crippen molar-refractivity contribution in [3.05, 3.63) is 65.4 Å². The van der Waals surface area contributed by atoms with Crippen molar-refractivity contribution in [1.82, 2.24) is 15.1 Å². The van der Waals surface area contributed by atoms with Crippen LogP contribution in [0.15, 0.2) is 48.5 Å². The van der Waals surface area contributed by atoms with E-state index in [1.54, 1.807) is 19.2 Å². The number of nitrogens with one attached hydrogen (secondary N) is 1. The number of nitrogens with zero attached hydrogens (tertiary/aromatic N) is 2. The van der Waals surface area contributed by atoms with Gasteiger partial charge < -0.3 is 19.5 Å². The van der Waals surface area contributed by atoms with Gasteiger partial charge in [0.25, 0.3) is 5.91 Å². The van der Waals surface area contributed by atoms with Crippen LogP contribution < -0.4 is 4.74 Å². The maximum absolute atomic E-state index is 13.3. The van der Waals surface area contributed by atoms with E-state index in [0.29, 0.717) is 36.7 Å². The van der Waals surface area contributed by atoms with Gasteiger partial charge in [-0.25, -0.2) is 0 Å². The van der Waals surface area contributed by atoms with Gasteiger partial charge in [-0.3, -0.25) is 9.89 Å². The van der Waals surface area contributed by atoms with Crippen molar-refractivity contribution in [2.45, 2.75) is 32.2 Å². The molecule has 7 heteroatoms. The summed E-state index contributed by atoms with van der Waals surface area (Å²) in [6.07, 6.45) is 2.76. The van der Waals surface area contributed by atoms with Crippen LogP contribution in [-0.4, -0.2) is 53.0 Å². The average molecular weight is 436 g/mol. The van der Waals surface area contributed by atoms with Gasteiger partial charge in [-0.2, -0.15) is 5.10 Å². The monoisotopic (exact) mass is 435 g/mol. The number of phenols is 1. The van der Waals surface area contributed by atoms with Crippen LogP contribution >= 0.6 is 0 Å². The number of hydrogen-bond donors (Lipinski definition) is 2. The molecule has 0 unspecified atom stereocenters. The first-order valence-electron chi connectivity index (χ1n) is 11.0. The molecule has 0 fully saturated rings. The summed E-state index contributed by atoms with van der Waals surface area (Å²) in [5, 5.41) is 17.8. The smallest absolute Gasteiger partial charge is 0.273 e. The molecule has 7 nitrogen and oxygen atoms in total. The van der Waals surface area contributed by atoms with Crippen LogP contribution in [0.5, 0.6) is 11.5 Å². The minimum atomic E-state index is -0.336. The molecule has 32 heavy (non-hydrogen) atoms. The molecule has 1 aliphatic heterocycles. The predicted molar refractivity (Wildman–Crippen MR) is 122 cm³/mol. The molecule has 3 aromatic rings. The van der Waals surface area contributed by atoms with E-state index in [4.69, 9.17) is 9.47 Å². The number of unbranched alkanes of at least 4 members (excludes halogenated alkanes) is 1. The topological polar surface area (TPSA) is 87.7 Å². The molecular formula is C25H29N3O4. The Bertz CT molecular complexity index is 1080. The summed E-state index contributed by atoms with van der Waals surface area (Å²) in [7, 11) is 1.66. The zero-order valence-corrected chi connectivity index (χ0v) is 18.5. The van der Waals surface area contributed by atoms with E-state index in [9.17, 15) is 9.90 Å². The van der Waals surface area contributed by atoms with Crippen LogP contribution in [0.4, 0.5) is 0 Å². The second-order valence-corrected chi connectivity index (χ2v) is 7.90.